The van der Waals surface area contributed by atoms with Crippen LogP contribution < -0.4 is 9.64 Å². The van der Waals surface area contributed by atoms with Crippen molar-refractivity contribution in [3.63, 3.8) is 0 Å². The van der Waals surface area contributed by atoms with E-state index in [2.05, 4.69) is 0 Å². The van der Waals surface area contributed by atoms with Crippen molar-refractivity contribution in [2.45, 2.75) is 25.0 Å². The minimum absolute atomic E-state index is 0.0909. The summed E-state index contributed by atoms with van der Waals surface area (Å²) < 4.78 is 10.7. The number of phenolic OH excluding ortho intramolecular Hbond substituents is 1. The van der Waals surface area contributed by atoms with Gasteiger partial charge in [0.1, 0.15) is 0 Å². The van der Waals surface area contributed by atoms with Crippen molar-refractivity contribution in [1.82, 2.24) is 0 Å². The zero-order valence-electron chi connectivity index (χ0n) is 11.5. The number of rotatable bonds is 2. The molecule has 6 heteroatoms. The number of aromatic hydroxyl groups is 1. The van der Waals surface area contributed by atoms with Gasteiger partial charge in [-0.25, -0.2) is 4.90 Å². The quantitative estimate of drug-likeness (QED) is 0.824. The highest BCUT2D eigenvalue weighted by Crippen LogP contribution is 2.49. The Balaban J connectivity index is 1.72. The number of hydrogen-bond acceptors (Lipinski definition) is 5. The fourth-order valence-corrected chi connectivity index (χ4v) is 3.78. The van der Waals surface area contributed by atoms with Gasteiger partial charge in [-0.1, -0.05) is 0 Å². The molecule has 1 aromatic carbocycles. The first kappa shape index (κ1) is 12.6. The van der Waals surface area contributed by atoms with E-state index in [1.54, 1.807) is 12.1 Å². The van der Waals surface area contributed by atoms with Crippen LogP contribution in [0.2, 0.25) is 0 Å². The fraction of sp³-hybridized carbons (Fsp3) is 0.467. The Hall–Kier alpha value is -2.08. The Morgan fingerprint density at radius 2 is 1.81 bits per heavy atom. The summed E-state index contributed by atoms with van der Waals surface area (Å²) in [4.78, 5) is 26.3. The Morgan fingerprint density at radius 1 is 1.19 bits per heavy atom. The number of nitrogens with zero attached hydrogens (tertiary/aromatic N) is 1. The third kappa shape index (κ3) is 1.56. The van der Waals surface area contributed by atoms with E-state index in [-0.39, 0.29) is 41.6 Å². The molecule has 0 radical (unpaired) electrons. The highest BCUT2D eigenvalue weighted by Gasteiger charge is 2.62. The molecule has 0 aliphatic carbocycles. The molecule has 2 bridgehead atoms. The minimum atomic E-state index is -0.361. The maximum atomic E-state index is 12.6. The smallest absolute Gasteiger partial charge is 0.240 e. The molecule has 110 valence electrons. The normalized spacial score (nSPS) is 33.7. The molecule has 2 amide bonds. The highest BCUT2D eigenvalue weighted by atomic mass is 16.5. The third-order valence-corrected chi connectivity index (χ3v) is 4.70. The second-order valence-electron chi connectivity index (χ2n) is 5.71. The topological polar surface area (TPSA) is 76.1 Å². The van der Waals surface area contributed by atoms with Gasteiger partial charge >= 0.3 is 0 Å². The maximum Gasteiger partial charge on any atom is 0.240 e. The van der Waals surface area contributed by atoms with E-state index >= 15 is 0 Å². The summed E-state index contributed by atoms with van der Waals surface area (Å²) in [5.41, 5.74) is 0.386. The lowest BCUT2D eigenvalue weighted by Gasteiger charge is -2.18. The predicted octanol–water partition coefficient (Wildman–Crippen LogP) is 1.07. The first-order valence-corrected chi connectivity index (χ1v) is 7.02. The number of carbonyl (C=O) groups is 2. The number of fused-ring (bicyclic) bond motifs is 5. The lowest BCUT2D eigenvalue weighted by atomic mass is 9.81. The van der Waals surface area contributed by atoms with E-state index in [9.17, 15) is 14.7 Å². The standard InChI is InChI=1S/C15H15NO5/c1-20-9-3-2-7(6-8(9)17)16-14(18)12-10-4-5-11(21-10)13(12)15(16)19/h2-3,6,10-13,17H,4-5H2,1H3/t10-,11+,12-,13+. The van der Waals surface area contributed by atoms with Crippen molar-refractivity contribution in [3.05, 3.63) is 18.2 Å². The van der Waals surface area contributed by atoms with E-state index in [1.165, 1.54) is 18.1 Å². The zero-order valence-corrected chi connectivity index (χ0v) is 11.5. The number of hydrogen-bond donors (Lipinski definition) is 1. The Morgan fingerprint density at radius 3 is 2.33 bits per heavy atom. The van der Waals surface area contributed by atoms with Crippen LogP contribution in [0, 0.1) is 11.8 Å². The molecule has 0 unspecified atom stereocenters. The number of benzene rings is 1. The number of imide groups is 1. The van der Waals surface area contributed by atoms with E-state index in [1.807, 2.05) is 0 Å². The van der Waals surface area contributed by atoms with Crippen LogP contribution in [0.1, 0.15) is 12.8 Å². The minimum Gasteiger partial charge on any atom is -0.504 e. The SMILES string of the molecule is COc1ccc(N2C(=O)[C@@H]3[C@H](C2=O)[C@H]2CC[C@@H]3O2)cc1O. The molecule has 4 rings (SSSR count). The summed E-state index contributed by atoms with van der Waals surface area (Å²) in [6, 6.07) is 4.54. The molecule has 4 atom stereocenters. The van der Waals surface area contributed by atoms with Gasteiger partial charge in [0.25, 0.3) is 0 Å². The maximum absolute atomic E-state index is 12.6. The molecule has 21 heavy (non-hydrogen) atoms. The number of carbonyl (C=O) groups excluding carboxylic acids is 2. The van der Waals surface area contributed by atoms with E-state index in [0.29, 0.717) is 11.4 Å². The second-order valence-corrected chi connectivity index (χ2v) is 5.71. The Labute approximate surface area is 121 Å². The summed E-state index contributed by atoms with van der Waals surface area (Å²) in [5, 5.41) is 9.84. The van der Waals surface area contributed by atoms with Crippen LogP contribution in [0.3, 0.4) is 0 Å². The molecule has 3 heterocycles. The molecular formula is C15H15NO5. The van der Waals surface area contributed by atoms with Crippen molar-refractivity contribution >= 4 is 17.5 Å². The van der Waals surface area contributed by atoms with Crippen LogP contribution in [0.4, 0.5) is 5.69 Å². The van der Waals surface area contributed by atoms with Crippen molar-refractivity contribution in [1.29, 1.82) is 0 Å². The van der Waals surface area contributed by atoms with Crippen LogP contribution in [0.15, 0.2) is 18.2 Å². The van der Waals surface area contributed by atoms with Crippen molar-refractivity contribution in [2.75, 3.05) is 12.0 Å². The first-order chi connectivity index (χ1) is 10.1. The number of methoxy groups -OCH3 is 1. The second kappa shape index (κ2) is 4.21. The lowest BCUT2D eigenvalue weighted by Crippen LogP contribution is -2.34. The average Bonchev–Trinajstić information content (AvgIpc) is 3.13. The summed E-state index contributed by atoms with van der Waals surface area (Å²) >= 11 is 0. The van der Waals surface area contributed by atoms with Crippen molar-refractivity contribution in [2.24, 2.45) is 11.8 Å². The summed E-state index contributed by atoms with van der Waals surface area (Å²) in [7, 11) is 1.44. The van der Waals surface area contributed by atoms with Crippen LogP contribution in [0.25, 0.3) is 0 Å². The van der Waals surface area contributed by atoms with Crippen LogP contribution in [-0.2, 0) is 14.3 Å². The molecule has 1 N–H and O–H groups in total. The molecular weight excluding hydrogens is 274 g/mol. The van der Waals surface area contributed by atoms with Gasteiger partial charge in [0.2, 0.25) is 11.8 Å². The van der Waals surface area contributed by atoms with Gasteiger partial charge in [-0.05, 0) is 25.0 Å². The molecule has 1 aromatic rings. The largest absolute Gasteiger partial charge is 0.504 e. The van der Waals surface area contributed by atoms with Crippen LogP contribution in [-0.4, -0.2) is 36.2 Å². The molecule has 0 saturated carbocycles. The number of ether oxygens (including phenoxy) is 2. The van der Waals surface area contributed by atoms with Gasteiger partial charge in [-0.3, -0.25) is 9.59 Å². The van der Waals surface area contributed by atoms with Crippen molar-refractivity contribution < 1.29 is 24.2 Å². The molecule has 6 nitrogen and oxygen atoms in total. The highest BCUT2D eigenvalue weighted by molar-refractivity contribution is 6.22. The summed E-state index contributed by atoms with van der Waals surface area (Å²) in [6.07, 6.45) is 1.42. The van der Waals surface area contributed by atoms with Crippen molar-refractivity contribution in [3.8, 4) is 11.5 Å². The first-order valence-electron chi connectivity index (χ1n) is 7.02. The average molecular weight is 289 g/mol. The molecule has 3 fully saturated rings. The summed E-state index contributed by atoms with van der Waals surface area (Å²) in [5.74, 6) is -0.946. The molecule has 3 aliphatic rings. The summed E-state index contributed by atoms with van der Waals surface area (Å²) in [6.45, 7) is 0. The van der Waals surface area contributed by atoms with E-state index < -0.39 is 0 Å². The fourth-order valence-electron chi connectivity index (χ4n) is 3.78. The molecule has 3 aliphatic heterocycles. The van der Waals surface area contributed by atoms with Gasteiger partial charge < -0.3 is 14.6 Å². The van der Waals surface area contributed by atoms with Crippen LogP contribution in [0.5, 0.6) is 11.5 Å². The van der Waals surface area contributed by atoms with Gasteiger partial charge in [-0.2, -0.15) is 0 Å². The van der Waals surface area contributed by atoms with Gasteiger partial charge in [0.15, 0.2) is 11.5 Å². The number of anilines is 1. The van der Waals surface area contributed by atoms with Gasteiger partial charge in [0, 0.05) is 6.07 Å². The Bertz CT molecular complexity index is 615. The zero-order chi connectivity index (χ0) is 14.7. The number of phenols is 1. The van der Waals surface area contributed by atoms with Gasteiger partial charge in [-0.15, -0.1) is 0 Å². The van der Waals surface area contributed by atoms with Gasteiger partial charge in [0.05, 0.1) is 36.8 Å². The van der Waals surface area contributed by atoms with E-state index in [4.69, 9.17) is 9.47 Å². The predicted molar refractivity (Wildman–Crippen MR) is 72.0 cm³/mol. The number of amides is 2. The Kier molecular flexibility index (Phi) is 2.53. The van der Waals surface area contributed by atoms with E-state index in [0.717, 1.165) is 12.8 Å². The molecule has 0 spiro atoms. The molecule has 3 saturated heterocycles. The monoisotopic (exact) mass is 289 g/mol. The molecule has 0 aromatic heterocycles. The lowest BCUT2D eigenvalue weighted by molar-refractivity contribution is -0.124. The van der Waals surface area contributed by atoms with Crippen LogP contribution >= 0.6 is 0 Å². The third-order valence-electron chi connectivity index (χ3n) is 4.70.